The number of hydrogen-bond acceptors (Lipinski definition) is 4. The first-order chi connectivity index (χ1) is 15.3. The van der Waals surface area contributed by atoms with Crippen LogP contribution in [0.15, 0.2) is 60.1 Å². The van der Waals surface area contributed by atoms with Gasteiger partial charge in [-0.1, -0.05) is 12.1 Å². The van der Waals surface area contributed by atoms with Crippen molar-refractivity contribution in [1.82, 2.24) is 24.2 Å². The van der Waals surface area contributed by atoms with Crippen molar-refractivity contribution in [1.29, 1.82) is 0 Å². The van der Waals surface area contributed by atoms with Crippen molar-refractivity contribution in [3.63, 3.8) is 0 Å². The Labute approximate surface area is 185 Å². The van der Waals surface area contributed by atoms with Gasteiger partial charge in [0, 0.05) is 25.0 Å². The minimum absolute atomic E-state index is 0.0438. The molecule has 0 aliphatic carbocycles. The minimum atomic E-state index is -4.49. The average Bonchev–Trinajstić information content (AvgIpc) is 3.53. The van der Waals surface area contributed by atoms with Gasteiger partial charge >= 0.3 is 6.18 Å². The highest BCUT2D eigenvalue weighted by Gasteiger charge is 2.33. The van der Waals surface area contributed by atoms with E-state index in [1.807, 2.05) is 36.7 Å². The van der Waals surface area contributed by atoms with E-state index < -0.39 is 11.7 Å². The van der Waals surface area contributed by atoms with E-state index in [0.717, 1.165) is 17.8 Å². The Hall–Kier alpha value is -3.40. The van der Waals surface area contributed by atoms with Gasteiger partial charge in [0.05, 0.1) is 22.2 Å². The third kappa shape index (κ3) is 3.50. The Bertz CT molecular complexity index is 1270. The zero-order chi connectivity index (χ0) is 22.5. The fraction of sp³-hybridized carbons (Fsp3) is 0.227. The zero-order valence-corrected chi connectivity index (χ0v) is 17.8. The first-order valence-electron chi connectivity index (χ1n) is 9.97. The molecule has 0 saturated heterocycles. The van der Waals surface area contributed by atoms with E-state index >= 15 is 0 Å². The maximum Gasteiger partial charge on any atom is 0.416 e. The van der Waals surface area contributed by atoms with Crippen LogP contribution in [0.1, 0.15) is 34.8 Å². The van der Waals surface area contributed by atoms with Crippen LogP contribution in [0.4, 0.5) is 13.2 Å². The SMILES string of the molecule is CC1c2cccn2CCN1C(=O)c1nc(-c2cccs2)n(-c2cccc(C(F)(F)F)c2)n1. The summed E-state index contributed by atoms with van der Waals surface area (Å²) in [5.74, 6) is -0.0677. The lowest BCUT2D eigenvalue weighted by Crippen LogP contribution is -2.41. The predicted molar refractivity (Wildman–Crippen MR) is 114 cm³/mol. The summed E-state index contributed by atoms with van der Waals surface area (Å²) in [4.78, 5) is 20.2. The standard InChI is InChI=1S/C22H18F3N5OS/c1-14-17-7-3-9-28(17)10-11-29(14)21(31)19-26-20(18-8-4-12-32-18)30(27-19)16-6-2-5-15(13-16)22(23,24)25/h2-9,12-14H,10-11H2,1H3. The van der Waals surface area contributed by atoms with E-state index in [-0.39, 0.29) is 23.5 Å². The molecular formula is C22H18F3N5OS. The van der Waals surface area contributed by atoms with Crippen LogP contribution < -0.4 is 0 Å². The molecule has 1 aromatic carbocycles. The number of amides is 1. The van der Waals surface area contributed by atoms with Crippen LogP contribution >= 0.6 is 11.3 Å². The first kappa shape index (κ1) is 20.5. The van der Waals surface area contributed by atoms with Crippen molar-refractivity contribution >= 4 is 17.2 Å². The summed E-state index contributed by atoms with van der Waals surface area (Å²) in [5, 5.41) is 6.20. The van der Waals surface area contributed by atoms with Crippen LogP contribution in [0, 0.1) is 0 Å². The second-order valence-corrected chi connectivity index (χ2v) is 8.44. The monoisotopic (exact) mass is 457 g/mol. The van der Waals surface area contributed by atoms with Gasteiger partial charge in [-0.2, -0.15) is 13.2 Å². The quantitative estimate of drug-likeness (QED) is 0.434. The number of benzene rings is 1. The van der Waals surface area contributed by atoms with E-state index in [9.17, 15) is 18.0 Å². The van der Waals surface area contributed by atoms with Crippen LogP contribution in [0.2, 0.25) is 0 Å². The Kier molecular flexibility index (Phi) is 4.89. The van der Waals surface area contributed by atoms with E-state index in [1.165, 1.54) is 28.2 Å². The molecule has 4 aromatic rings. The van der Waals surface area contributed by atoms with Gasteiger partial charge in [0.2, 0.25) is 5.82 Å². The summed E-state index contributed by atoms with van der Waals surface area (Å²) in [6.45, 7) is 3.09. The summed E-state index contributed by atoms with van der Waals surface area (Å²) >= 11 is 1.37. The van der Waals surface area contributed by atoms with Crippen LogP contribution in [0.3, 0.4) is 0 Å². The second kappa shape index (κ2) is 7.63. The van der Waals surface area contributed by atoms with Crippen LogP contribution in [0.25, 0.3) is 16.4 Å². The molecule has 6 nitrogen and oxygen atoms in total. The fourth-order valence-corrected chi connectivity index (χ4v) is 4.65. The summed E-state index contributed by atoms with van der Waals surface area (Å²) in [5.41, 5.74) is 0.414. The lowest BCUT2D eigenvalue weighted by Gasteiger charge is -2.34. The van der Waals surface area contributed by atoms with Gasteiger partial charge in [-0.25, -0.2) is 9.67 Å². The van der Waals surface area contributed by atoms with Crippen molar-refractivity contribution < 1.29 is 18.0 Å². The lowest BCUT2D eigenvalue weighted by atomic mass is 10.1. The molecule has 1 aliphatic heterocycles. The molecular weight excluding hydrogens is 439 g/mol. The summed E-state index contributed by atoms with van der Waals surface area (Å²) in [6, 6.07) is 12.2. The molecule has 5 rings (SSSR count). The minimum Gasteiger partial charge on any atom is -0.348 e. The smallest absolute Gasteiger partial charge is 0.348 e. The summed E-state index contributed by atoms with van der Waals surface area (Å²) < 4.78 is 43.2. The third-order valence-corrected chi connectivity index (χ3v) is 6.43. The zero-order valence-electron chi connectivity index (χ0n) is 17.0. The molecule has 0 bridgehead atoms. The first-order valence-corrected chi connectivity index (χ1v) is 10.9. The number of aromatic nitrogens is 4. The van der Waals surface area contributed by atoms with Gasteiger partial charge in [0.25, 0.3) is 5.91 Å². The number of hydrogen-bond donors (Lipinski definition) is 0. The van der Waals surface area contributed by atoms with E-state index in [1.54, 1.807) is 11.0 Å². The van der Waals surface area contributed by atoms with E-state index in [0.29, 0.717) is 23.8 Å². The van der Waals surface area contributed by atoms with Crippen molar-refractivity contribution in [3.05, 3.63) is 77.2 Å². The Morgan fingerprint density at radius 1 is 1.12 bits per heavy atom. The maximum atomic E-state index is 13.3. The molecule has 1 atom stereocenters. The number of alkyl halides is 3. The largest absolute Gasteiger partial charge is 0.416 e. The van der Waals surface area contributed by atoms with Gasteiger partial charge in [-0.3, -0.25) is 4.79 Å². The predicted octanol–water partition coefficient (Wildman–Crippen LogP) is 5.03. The molecule has 10 heteroatoms. The number of carbonyl (C=O) groups is 1. The molecule has 0 spiro atoms. The van der Waals surface area contributed by atoms with Crippen molar-refractivity contribution in [3.8, 4) is 16.4 Å². The molecule has 3 aromatic heterocycles. The van der Waals surface area contributed by atoms with E-state index in [4.69, 9.17) is 0 Å². The normalized spacial score (nSPS) is 16.2. The van der Waals surface area contributed by atoms with E-state index in [2.05, 4.69) is 14.6 Å². The molecule has 0 fully saturated rings. The van der Waals surface area contributed by atoms with Gasteiger partial charge in [0.15, 0.2) is 5.82 Å². The second-order valence-electron chi connectivity index (χ2n) is 7.50. The number of fused-ring (bicyclic) bond motifs is 1. The fourth-order valence-electron chi connectivity index (χ4n) is 3.95. The summed E-state index contributed by atoms with van der Waals surface area (Å²) in [7, 11) is 0. The molecule has 0 N–H and O–H groups in total. The van der Waals surface area contributed by atoms with Crippen molar-refractivity contribution in [2.45, 2.75) is 25.7 Å². The summed E-state index contributed by atoms with van der Waals surface area (Å²) in [6.07, 6.45) is -2.51. The van der Waals surface area contributed by atoms with Crippen molar-refractivity contribution in [2.24, 2.45) is 0 Å². The molecule has 164 valence electrons. The van der Waals surface area contributed by atoms with Gasteiger partial charge < -0.3 is 9.47 Å². The van der Waals surface area contributed by atoms with Crippen LogP contribution in [-0.4, -0.2) is 36.7 Å². The Morgan fingerprint density at radius 2 is 1.97 bits per heavy atom. The van der Waals surface area contributed by atoms with Crippen molar-refractivity contribution in [2.75, 3.05) is 6.54 Å². The Balaban J connectivity index is 1.57. The number of halogens is 3. The molecule has 1 unspecified atom stereocenters. The average molecular weight is 457 g/mol. The van der Waals surface area contributed by atoms with Crippen LogP contribution in [-0.2, 0) is 12.7 Å². The highest BCUT2D eigenvalue weighted by molar-refractivity contribution is 7.13. The van der Waals surface area contributed by atoms with Gasteiger partial charge in [-0.05, 0) is 48.7 Å². The number of thiophene rings is 1. The topological polar surface area (TPSA) is 56.0 Å². The number of rotatable bonds is 3. The molecule has 0 saturated carbocycles. The highest BCUT2D eigenvalue weighted by atomic mass is 32.1. The third-order valence-electron chi connectivity index (χ3n) is 5.56. The Morgan fingerprint density at radius 3 is 2.72 bits per heavy atom. The van der Waals surface area contributed by atoms with Crippen LogP contribution in [0.5, 0.6) is 0 Å². The molecule has 1 aliphatic rings. The number of nitrogens with zero attached hydrogens (tertiary/aromatic N) is 5. The molecule has 4 heterocycles. The molecule has 32 heavy (non-hydrogen) atoms. The highest BCUT2D eigenvalue weighted by Crippen LogP contribution is 2.32. The maximum absolute atomic E-state index is 13.3. The molecule has 0 radical (unpaired) electrons. The van der Waals surface area contributed by atoms with Gasteiger partial charge in [0.1, 0.15) is 0 Å². The molecule has 1 amide bonds. The number of carbonyl (C=O) groups excluding carboxylic acids is 1. The van der Waals surface area contributed by atoms with Gasteiger partial charge in [-0.15, -0.1) is 16.4 Å². The lowest BCUT2D eigenvalue weighted by molar-refractivity contribution is -0.137.